The van der Waals surface area contributed by atoms with Crippen LogP contribution in [0.2, 0.25) is 5.02 Å². The number of amides is 1. The molecule has 0 aliphatic rings. The van der Waals surface area contributed by atoms with E-state index in [4.69, 9.17) is 16.3 Å². The molecule has 158 valence electrons. The van der Waals surface area contributed by atoms with Gasteiger partial charge in [0.2, 0.25) is 0 Å². The molecule has 0 fully saturated rings. The van der Waals surface area contributed by atoms with Crippen molar-refractivity contribution in [2.24, 2.45) is 5.10 Å². The zero-order valence-electron chi connectivity index (χ0n) is 16.4. The molecular formula is C23H15ClN4O4. The predicted molar refractivity (Wildman–Crippen MR) is 121 cm³/mol. The lowest BCUT2D eigenvalue weighted by atomic mass is 10.2. The summed E-state index contributed by atoms with van der Waals surface area (Å²) in [6.07, 6.45) is 1.49. The molecule has 32 heavy (non-hydrogen) atoms. The molecule has 4 aromatic rings. The fourth-order valence-electron chi connectivity index (χ4n) is 2.85. The highest BCUT2D eigenvalue weighted by Gasteiger charge is 2.11. The van der Waals surface area contributed by atoms with Crippen LogP contribution in [0.15, 0.2) is 84.0 Å². The second-order valence-corrected chi connectivity index (χ2v) is 7.04. The lowest BCUT2D eigenvalue weighted by Crippen LogP contribution is -2.18. The molecule has 9 heteroatoms. The molecule has 0 bridgehead atoms. The standard InChI is InChI=1S/C23H15ClN4O4/c24-19-13-17(28(30)31)8-12-22(19)32-18-9-5-15(6-10-18)14-25-27-23(29)21-11-7-16-3-1-2-4-20(16)26-21/h1-14H,(H,27,29). The Morgan fingerprint density at radius 2 is 1.84 bits per heavy atom. The minimum atomic E-state index is -0.529. The number of halogens is 1. The molecule has 8 nitrogen and oxygen atoms in total. The summed E-state index contributed by atoms with van der Waals surface area (Å²) in [6, 6.07) is 21.8. The third-order valence-corrected chi connectivity index (χ3v) is 4.74. The monoisotopic (exact) mass is 446 g/mol. The number of hydrazone groups is 1. The van der Waals surface area contributed by atoms with Crippen molar-refractivity contribution in [2.75, 3.05) is 0 Å². The first-order valence-electron chi connectivity index (χ1n) is 9.41. The van der Waals surface area contributed by atoms with Crippen molar-refractivity contribution >= 4 is 40.3 Å². The largest absolute Gasteiger partial charge is 0.456 e. The Morgan fingerprint density at radius 1 is 1.06 bits per heavy atom. The van der Waals surface area contributed by atoms with Gasteiger partial charge < -0.3 is 4.74 Å². The summed E-state index contributed by atoms with van der Waals surface area (Å²) in [7, 11) is 0. The number of nitrogens with one attached hydrogen (secondary N) is 1. The molecule has 0 saturated heterocycles. The first-order valence-corrected chi connectivity index (χ1v) is 9.78. The summed E-state index contributed by atoms with van der Waals surface area (Å²) in [5, 5.41) is 15.8. The molecule has 0 aliphatic heterocycles. The van der Waals surface area contributed by atoms with Gasteiger partial charge in [-0.05, 0) is 48.0 Å². The molecule has 1 amide bonds. The quantitative estimate of drug-likeness (QED) is 0.244. The van der Waals surface area contributed by atoms with Crippen LogP contribution >= 0.6 is 11.6 Å². The van der Waals surface area contributed by atoms with Gasteiger partial charge in [-0.1, -0.05) is 35.9 Å². The van der Waals surface area contributed by atoms with E-state index < -0.39 is 10.8 Å². The molecule has 0 radical (unpaired) electrons. The van der Waals surface area contributed by atoms with Crippen molar-refractivity contribution in [3.63, 3.8) is 0 Å². The maximum absolute atomic E-state index is 12.3. The van der Waals surface area contributed by atoms with Crippen LogP contribution in [-0.4, -0.2) is 22.0 Å². The molecule has 1 N–H and O–H groups in total. The van der Waals surface area contributed by atoms with Gasteiger partial charge >= 0.3 is 0 Å². The number of hydrogen-bond acceptors (Lipinski definition) is 6. The fourth-order valence-corrected chi connectivity index (χ4v) is 3.06. The van der Waals surface area contributed by atoms with Crippen LogP contribution in [0.4, 0.5) is 5.69 Å². The van der Waals surface area contributed by atoms with E-state index in [-0.39, 0.29) is 16.4 Å². The van der Waals surface area contributed by atoms with E-state index in [2.05, 4.69) is 15.5 Å². The first-order chi connectivity index (χ1) is 15.5. The third kappa shape index (κ3) is 4.88. The first kappa shape index (κ1) is 21.0. The summed E-state index contributed by atoms with van der Waals surface area (Å²) >= 11 is 6.04. The minimum Gasteiger partial charge on any atom is -0.456 e. The van der Waals surface area contributed by atoms with Gasteiger partial charge in [-0.3, -0.25) is 14.9 Å². The van der Waals surface area contributed by atoms with Gasteiger partial charge in [0.15, 0.2) is 0 Å². The van der Waals surface area contributed by atoms with E-state index in [1.54, 1.807) is 30.3 Å². The number of pyridine rings is 1. The van der Waals surface area contributed by atoms with E-state index in [1.807, 2.05) is 30.3 Å². The van der Waals surface area contributed by atoms with Gasteiger partial charge in [-0.2, -0.15) is 5.10 Å². The normalized spacial score (nSPS) is 10.9. The molecular weight excluding hydrogens is 432 g/mol. The zero-order valence-corrected chi connectivity index (χ0v) is 17.2. The van der Waals surface area contributed by atoms with Gasteiger partial charge in [0.25, 0.3) is 11.6 Å². The van der Waals surface area contributed by atoms with Crippen molar-refractivity contribution < 1.29 is 14.5 Å². The van der Waals surface area contributed by atoms with E-state index in [9.17, 15) is 14.9 Å². The number of nitro benzene ring substituents is 1. The molecule has 1 aromatic heterocycles. The molecule has 0 spiro atoms. The number of carbonyl (C=O) groups excluding carboxylic acids is 1. The summed E-state index contributed by atoms with van der Waals surface area (Å²) in [5.41, 5.74) is 4.06. The van der Waals surface area contributed by atoms with E-state index in [1.165, 1.54) is 24.4 Å². The molecule has 0 saturated carbocycles. The number of nitro groups is 1. The highest BCUT2D eigenvalue weighted by molar-refractivity contribution is 6.32. The third-order valence-electron chi connectivity index (χ3n) is 4.44. The molecule has 0 unspecified atom stereocenters. The number of para-hydroxylation sites is 1. The Labute approximate surface area is 187 Å². The average molecular weight is 447 g/mol. The van der Waals surface area contributed by atoms with Crippen molar-refractivity contribution in [1.29, 1.82) is 0 Å². The maximum atomic E-state index is 12.3. The Balaban J connectivity index is 1.37. The van der Waals surface area contributed by atoms with Gasteiger partial charge in [0.05, 0.1) is 21.7 Å². The lowest BCUT2D eigenvalue weighted by Gasteiger charge is -2.07. The number of aromatic nitrogens is 1. The summed E-state index contributed by atoms with van der Waals surface area (Å²) in [5.74, 6) is 0.371. The molecule has 1 heterocycles. The number of benzene rings is 3. The van der Waals surface area contributed by atoms with E-state index in [0.717, 1.165) is 16.5 Å². The number of hydrogen-bond donors (Lipinski definition) is 1. The molecule has 0 atom stereocenters. The number of rotatable bonds is 6. The highest BCUT2D eigenvalue weighted by Crippen LogP contribution is 2.32. The van der Waals surface area contributed by atoms with Crippen LogP contribution in [-0.2, 0) is 0 Å². The minimum absolute atomic E-state index is 0.116. The van der Waals surface area contributed by atoms with E-state index >= 15 is 0 Å². The number of carbonyl (C=O) groups is 1. The second kappa shape index (κ2) is 9.23. The molecule has 0 aliphatic carbocycles. The van der Waals surface area contributed by atoms with Gasteiger partial charge in [-0.25, -0.2) is 10.4 Å². The summed E-state index contributed by atoms with van der Waals surface area (Å²) < 4.78 is 5.66. The van der Waals surface area contributed by atoms with Crippen LogP contribution in [0.3, 0.4) is 0 Å². The van der Waals surface area contributed by atoms with Crippen molar-refractivity contribution in [3.05, 3.63) is 105 Å². The Hall–Kier alpha value is -4.30. The Morgan fingerprint density at radius 3 is 2.59 bits per heavy atom. The Bertz CT molecular complexity index is 1340. The topological polar surface area (TPSA) is 107 Å². The number of non-ortho nitro benzene ring substituents is 1. The zero-order chi connectivity index (χ0) is 22.5. The smallest absolute Gasteiger partial charge is 0.289 e. The fraction of sp³-hybridized carbons (Fsp3) is 0. The van der Waals surface area contributed by atoms with Gasteiger partial charge in [-0.15, -0.1) is 0 Å². The molecule has 3 aromatic carbocycles. The van der Waals surface area contributed by atoms with Gasteiger partial charge in [0, 0.05) is 17.5 Å². The summed E-state index contributed by atoms with van der Waals surface area (Å²) in [4.78, 5) is 26.9. The van der Waals surface area contributed by atoms with Crippen LogP contribution in [0.25, 0.3) is 10.9 Å². The van der Waals surface area contributed by atoms with Crippen molar-refractivity contribution in [3.8, 4) is 11.5 Å². The summed E-state index contributed by atoms with van der Waals surface area (Å²) in [6.45, 7) is 0. The highest BCUT2D eigenvalue weighted by atomic mass is 35.5. The van der Waals surface area contributed by atoms with Crippen molar-refractivity contribution in [2.45, 2.75) is 0 Å². The Kier molecular flexibility index (Phi) is 6.05. The van der Waals surface area contributed by atoms with Crippen LogP contribution in [0, 0.1) is 10.1 Å². The van der Waals surface area contributed by atoms with Crippen LogP contribution < -0.4 is 10.2 Å². The maximum Gasteiger partial charge on any atom is 0.289 e. The van der Waals surface area contributed by atoms with Crippen LogP contribution in [0.5, 0.6) is 11.5 Å². The number of ether oxygens (including phenoxy) is 1. The average Bonchev–Trinajstić information content (AvgIpc) is 2.81. The molecule has 4 rings (SSSR count). The lowest BCUT2D eigenvalue weighted by molar-refractivity contribution is -0.384. The predicted octanol–water partition coefficient (Wildman–Crippen LogP) is 5.35. The SMILES string of the molecule is O=C(NN=Cc1ccc(Oc2ccc([N+](=O)[O-])cc2Cl)cc1)c1ccc2ccccc2n1. The second-order valence-electron chi connectivity index (χ2n) is 6.63. The van der Waals surface area contributed by atoms with Crippen LogP contribution in [0.1, 0.15) is 16.1 Å². The number of nitrogens with zero attached hydrogens (tertiary/aromatic N) is 3. The van der Waals surface area contributed by atoms with E-state index in [0.29, 0.717) is 11.5 Å². The van der Waals surface area contributed by atoms with Crippen molar-refractivity contribution in [1.82, 2.24) is 10.4 Å². The van der Waals surface area contributed by atoms with Gasteiger partial charge in [0.1, 0.15) is 17.2 Å². The number of fused-ring (bicyclic) bond motifs is 1.